The van der Waals surface area contributed by atoms with Gasteiger partial charge < -0.3 is 25.6 Å². The Labute approximate surface area is 193 Å². The lowest BCUT2D eigenvalue weighted by Crippen LogP contribution is -2.44. The first-order valence-corrected chi connectivity index (χ1v) is 10.2. The zero-order valence-electron chi connectivity index (χ0n) is 17.4. The molecule has 0 radical (unpaired) electrons. The van der Waals surface area contributed by atoms with Crippen LogP contribution in [-0.4, -0.2) is 64.5 Å². The number of nitrogens with zero attached hydrogens (tertiary/aromatic N) is 3. The van der Waals surface area contributed by atoms with Gasteiger partial charge >= 0.3 is 6.18 Å². The Morgan fingerprint density at radius 3 is 2.41 bits per heavy atom. The normalized spacial score (nSPS) is 13.4. The van der Waals surface area contributed by atoms with Crippen LogP contribution in [0.25, 0.3) is 11.3 Å². The highest BCUT2D eigenvalue weighted by Crippen LogP contribution is 2.34. The number of aliphatic hydroxyl groups is 1. The second-order valence-corrected chi connectivity index (χ2v) is 8.39. The van der Waals surface area contributed by atoms with Crippen molar-refractivity contribution >= 4 is 29.0 Å². The SMILES string of the molecule is CC(C)(COCC(O)COCC(F)(F)F)NCc1nnc(-c2cccc(Cl)c2Cl)c(N)n1. The Kier molecular flexibility index (Phi) is 9.43. The molecule has 32 heavy (non-hydrogen) atoms. The minimum Gasteiger partial charge on any atom is -0.388 e. The van der Waals surface area contributed by atoms with Crippen molar-refractivity contribution < 1.29 is 27.8 Å². The van der Waals surface area contributed by atoms with Crippen molar-refractivity contribution in [1.29, 1.82) is 0 Å². The van der Waals surface area contributed by atoms with Gasteiger partial charge in [0, 0.05) is 11.1 Å². The van der Waals surface area contributed by atoms with Crippen molar-refractivity contribution in [2.75, 3.05) is 32.2 Å². The fraction of sp³-hybridized carbons (Fsp3) is 0.526. The van der Waals surface area contributed by atoms with Crippen LogP contribution in [0.2, 0.25) is 10.0 Å². The maximum absolute atomic E-state index is 12.0. The average molecular weight is 498 g/mol. The van der Waals surface area contributed by atoms with Gasteiger partial charge in [-0.05, 0) is 19.9 Å². The van der Waals surface area contributed by atoms with Crippen molar-refractivity contribution in [2.45, 2.75) is 38.2 Å². The van der Waals surface area contributed by atoms with Gasteiger partial charge in [-0.3, -0.25) is 0 Å². The lowest BCUT2D eigenvalue weighted by atomic mass is 10.1. The molecule has 0 saturated heterocycles. The third-order valence-electron chi connectivity index (χ3n) is 4.04. The highest BCUT2D eigenvalue weighted by molar-refractivity contribution is 6.43. The number of rotatable bonds is 11. The summed E-state index contributed by atoms with van der Waals surface area (Å²) in [5.41, 5.74) is 6.27. The summed E-state index contributed by atoms with van der Waals surface area (Å²) in [6.45, 7) is 1.96. The predicted molar refractivity (Wildman–Crippen MR) is 114 cm³/mol. The smallest absolute Gasteiger partial charge is 0.388 e. The van der Waals surface area contributed by atoms with Crippen molar-refractivity contribution in [1.82, 2.24) is 20.5 Å². The van der Waals surface area contributed by atoms with Gasteiger partial charge in [0.2, 0.25) is 0 Å². The van der Waals surface area contributed by atoms with Crippen LogP contribution in [0.3, 0.4) is 0 Å². The molecule has 8 nitrogen and oxygen atoms in total. The van der Waals surface area contributed by atoms with Gasteiger partial charge in [0.25, 0.3) is 0 Å². The zero-order valence-corrected chi connectivity index (χ0v) is 18.9. The third-order valence-corrected chi connectivity index (χ3v) is 4.86. The first-order valence-electron chi connectivity index (χ1n) is 9.47. The summed E-state index contributed by atoms with van der Waals surface area (Å²) >= 11 is 12.2. The van der Waals surface area contributed by atoms with Gasteiger partial charge in [-0.25, -0.2) is 4.98 Å². The minimum atomic E-state index is -4.44. The molecule has 4 N–H and O–H groups in total. The Morgan fingerprint density at radius 2 is 1.78 bits per heavy atom. The molecule has 2 aromatic rings. The number of hydrogen-bond acceptors (Lipinski definition) is 8. The molecule has 13 heteroatoms. The number of nitrogens with one attached hydrogen (secondary N) is 1. The van der Waals surface area contributed by atoms with E-state index >= 15 is 0 Å². The van der Waals surface area contributed by atoms with Gasteiger partial charge in [0.1, 0.15) is 18.4 Å². The van der Waals surface area contributed by atoms with Crippen molar-refractivity contribution in [3.8, 4) is 11.3 Å². The molecule has 0 spiro atoms. The fourth-order valence-corrected chi connectivity index (χ4v) is 2.90. The summed E-state index contributed by atoms with van der Waals surface area (Å²) in [7, 11) is 0. The maximum atomic E-state index is 12.0. The molecular weight excluding hydrogens is 474 g/mol. The van der Waals surface area contributed by atoms with E-state index in [1.165, 1.54) is 0 Å². The molecule has 0 amide bonds. The fourth-order valence-electron chi connectivity index (χ4n) is 2.50. The van der Waals surface area contributed by atoms with E-state index in [0.717, 1.165) is 0 Å². The molecule has 0 aliphatic rings. The van der Waals surface area contributed by atoms with Crippen LogP contribution in [0.5, 0.6) is 0 Å². The van der Waals surface area contributed by atoms with Crippen LogP contribution in [0, 0.1) is 0 Å². The standard InChI is InChI=1S/C19H24Cl2F3N5O3/c1-18(2,9-31-7-11(30)8-32-10-19(22,23)24)26-6-14-27-17(25)16(29-28-14)12-4-3-5-13(20)15(12)21/h3-5,11,26,30H,6-10H2,1-2H3,(H2,25,27,28). The largest absolute Gasteiger partial charge is 0.411 e. The molecule has 0 aliphatic heterocycles. The summed E-state index contributed by atoms with van der Waals surface area (Å²) in [4.78, 5) is 4.24. The van der Waals surface area contributed by atoms with Crippen LogP contribution < -0.4 is 11.1 Å². The first kappa shape index (κ1) is 26.5. The number of aliphatic hydroxyl groups excluding tert-OH is 1. The number of benzene rings is 1. The highest BCUT2D eigenvalue weighted by Gasteiger charge is 2.28. The van der Waals surface area contributed by atoms with Gasteiger partial charge in [-0.15, -0.1) is 10.2 Å². The molecule has 1 aromatic heterocycles. The Balaban J connectivity index is 1.83. The van der Waals surface area contributed by atoms with E-state index in [4.69, 9.17) is 33.7 Å². The van der Waals surface area contributed by atoms with Crippen molar-refractivity contribution in [3.63, 3.8) is 0 Å². The number of nitrogens with two attached hydrogens (primary N) is 1. The molecule has 1 atom stereocenters. The predicted octanol–water partition coefficient (Wildman–Crippen LogP) is 3.25. The van der Waals surface area contributed by atoms with E-state index in [-0.39, 0.29) is 25.6 Å². The van der Waals surface area contributed by atoms with Crippen LogP contribution >= 0.6 is 23.2 Å². The molecule has 0 bridgehead atoms. The maximum Gasteiger partial charge on any atom is 0.411 e. The minimum absolute atomic E-state index is 0.136. The average Bonchev–Trinajstić information content (AvgIpc) is 2.68. The van der Waals surface area contributed by atoms with E-state index in [1.807, 2.05) is 13.8 Å². The summed E-state index contributed by atoms with van der Waals surface area (Å²) in [6, 6.07) is 5.06. The number of ether oxygens (including phenoxy) is 2. The lowest BCUT2D eigenvalue weighted by Gasteiger charge is -2.26. The summed E-state index contributed by atoms with van der Waals surface area (Å²) in [5, 5.41) is 21.6. The molecule has 2 rings (SSSR count). The van der Waals surface area contributed by atoms with Gasteiger partial charge in [-0.2, -0.15) is 13.2 Å². The van der Waals surface area contributed by atoms with E-state index in [0.29, 0.717) is 27.1 Å². The quantitative estimate of drug-likeness (QED) is 0.433. The lowest BCUT2D eigenvalue weighted by molar-refractivity contribution is -0.181. The topological polar surface area (TPSA) is 115 Å². The molecule has 1 unspecified atom stereocenters. The number of nitrogen functional groups attached to an aromatic ring is 1. The second kappa shape index (κ2) is 11.4. The molecular formula is C19H24Cl2F3N5O3. The number of halogens is 5. The molecule has 0 aliphatic carbocycles. The monoisotopic (exact) mass is 497 g/mol. The Hall–Kier alpha value is -1.76. The van der Waals surface area contributed by atoms with Gasteiger partial charge in [-0.1, -0.05) is 35.3 Å². The third kappa shape index (κ3) is 8.64. The van der Waals surface area contributed by atoms with E-state index in [1.54, 1.807) is 18.2 Å². The molecule has 0 fully saturated rings. The van der Waals surface area contributed by atoms with Crippen LogP contribution in [0.4, 0.5) is 19.0 Å². The first-order chi connectivity index (χ1) is 14.9. The second-order valence-electron chi connectivity index (χ2n) is 7.60. The van der Waals surface area contributed by atoms with E-state index in [2.05, 4.69) is 25.2 Å². The summed E-state index contributed by atoms with van der Waals surface area (Å²) in [5.74, 6) is 0.468. The summed E-state index contributed by atoms with van der Waals surface area (Å²) < 4.78 is 45.8. The van der Waals surface area contributed by atoms with Gasteiger partial charge in [0.05, 0.1) is 36.4 Å². The molecule has 178 valence electrons. The Morgan fingerprint density at radius 1 is 1.12 bits per heavy atom. The number of aromatic nitrogens is 3. The Bertz CT molecular complexity index is 903. The zero-order chi connectivity index (χ0) is 23.9. The summed E-state index contributed by atoms with van der Waals surface area (Å²) in [6.07, 6.45) is -5.61. The molecule has 1 aromatic carbocycles. The van der Waals surface area contributed by atoms with E-state index < -0.39 is 31.0 Å². The van der Waals surface area contributed by atoms with Crippen LogP contribution in [0.15, 0.2) is 18.2 Å². The number of anilines is 1. The highest BCUT2D eigenvalue weighted by atomic mass is 35.5. The van der Waals surface area contributed by atoms with Crippen LogP contribution in [0.1, 0.15) is 19.7 Å². The number of alkyl halides is 3. The van der Waals surface area contributed by atoms with E-state index in [9.17, 15) is 18.3 Å². The molecule has 0 saturated carbocycles. The number of hydrogen-bond donors (Lipinski definition) is 3. The van der Waals surface area contributed by atoms with Crippen LogP contribution in [-0.2, 0) is 16.0 Å². The van der Waals surface area contributed by atoms with Crippen molar-refractivity contribution in [2.24, 2.45) is 0 Å². The molecule has 1 heterocycles. The van der Waals surface area contributed by atoms with Gasteiger partial charge in [0.15, 0.2) is 11.6 Å². The van der Waals surface area contributed by atoms with Crippen molar-refractivity contribution in [3.05, 3.63) is 34.1 Å².